The van der Waals surface area contributed by atoms with Gasteiger partial charge in [0.05, 0.1) is 13.1 Å². The minimum absolute atomic E-state index is 0.0589. The summed E-state index contributed by atoms with van der Waals surface area (Å²) in [6.07, 6.45) is 1.34. The molecule has 0 saturated carbocycles. The maximum absolute atomic E-state index is 14.4. The van der Waals surface area contributed by atoms with Crippen molar-refractivity contribution in [3.05, 3.63) is 35.9 Å². The molecule has 3 aliphatic heterocycles. The molecule has 3 saturated heterocycles. The van der Waals surface area contributed by atoms with E-state index in [0.717, 1.165) is 5.56 Å². The molecule has 8 N–H and O–H groups in total. The predicted molar refractivity (Wildman–Crippen MR) is 202 cm³/mol. The molecule has 2 bridgehead atoms. The fourth-order valence-electron chi connectivity index (χ4n) is 6.85. The van der Waals surface area contributed by atoms with Gasteiger partial charge in [0.1, 0.15) is 36.3 Å². The van der Waals surface area contributed by atoms with Crippen LogP contribution in [0.25, 0.3) is 0 Å². The van der Waals surface area contributed by atoms with Gasteiger partial charge in [-0.15, -0.1) is 0 Å². The SMILES string of the molecule is CC(C)C[C@@H]1NC(=O)CNC(=O)[C@@H]2CCC(=O)NCC(=O)NCCCC[C@H](NC(=O)[C@H](C)NC1=O)C(=O)N[C@@H](Cc1ccccc1)C(=O)N1CCC[C@H]1C(=O)N2. The topological polar surface area (TPSA) is 253 Å². The normalized spacial score (nSPS) is 27.4. The molecule has 6 atom stereocenters. The standard InChI is InChI=1S/C38H55N9O9/c1-22(2)18-27-36(54)42-23(3)33(51)44-25-12-7-8-16-39-31(49)20-40-30(48)15-14-26(34(52)41-21-32(50)43-27)45-37(55)29-13-9-17-47(29)38(56)28(46-35(25)53)19-24-10-5-4-6-11-24/h4-6,10-11,22-23,25-29H,7-9,12-21H2,1-3H3,(H,39,49)(H,40,48)(H,41,52)(H,42,54)(H,43,50)(H,44,51)(H,45,55)(H,46,53)/t23-,25-,26-,27-,28-,29-/m0/s1. The first-order valence-electron chi connectivity index (χ1n) is 19.4. The van der Waals surface area contributed by atoms with E-state index < -0.39 is 96.0 Å². The van der Waals surface area contributed by atoms with Gasteiger partial charge in [-0.3, -0.25) is 43.2 Å². The van der Waals surface area contributed by atoms with E-state index in [1.807, 2.05) is 19.9 Å². The molecule has 0 spiro atoms. The van der Waals surface area contributed by atoms with Gasteiger partial charge in [0, 0.05) is 25.9 Å². The van der Waals surface area contributed by atoms with Crippen LogP contribution in [0.2, 0.25) is 0 Å². The lowest BCUT2D eigenvalue weighted by molar-refractivity contribution is -0.142. The first-order valence-corrected chi connectivity index (χ1v) is 19.4. The van der Waals surface area contributed by atoms with Crippen LogP contribution in [0, 0.1) is 5.92 Å². The Bertz CT molecular complexity index is 1620. The van der Waals surface area contributed by atoms with Gasteiger partial charge >= 0.3 is 0 Å². The first-order chi connectivity index (χ1) is 26.7. The molecule has 18 nitrogen and oxygen atoms in total. The Morgan fingerprint density at radius 3 is 2.05 bits per heavy atom. The summed E-state index contributed by atoms with van der Waals surface area (Å²) in [5, 5.41) is 21.1. The van der Waals surface area contributed by atoms with Gasteiger partial charge in [0.2, 0.25) is 53.2 Å². The predicted octanol–water partition coefficient (Wildman–Crippen LogP) is -1.96. The molecule has 0 aliphatic carbocycles. The highest BCUT2D eigenvalue weighted by Gasteiger charge is 2.40. The van der Waals surface area contributed by atoms with E-state index in [2.05, 4.69) is 42.5 Å². The fraction of sp³-hybridized carbons (Fsp3) is 0.605. The number of rotatable bonds is 4. The third-order valence-electron chi connectivity index (χ3n) is 9.88. The van der Waals surface area contributed by atoms with Crippen molar-refractivity contribution in [3.63, 3.8) is 0 Å². The second kappa shape index (κ2) is 20.9. The highest BCUT2D eigenvalue weighted by molar-refractivity contribution is 5.98. The van der Waals surface area contributed by atoms with Crippen molar-refractivity contribution in [1.82, 2.24) is 47.4 Å². The second-order valence-electron chi connectivity index (χ2n) is 14.9. The molecule has 18 heteroatoms. The zero-order valence-corrected chi connectivity index (χ0v) is 32.2. The third-order valence-corrected chi connectivity index (χ3v) is 9.88. The highest BCUT2D eigenvalue weighted by Crippen LogP contribution is 2.21. The number of carbonyl (C=O) groups is 9. The summed E-state index contributed by atoms with van der Waals surface area (Å²) in [5.41, 5.74) is 0.726. The Morgan fingerprint density at radius 2 is 1.32 bits per heavy atom. The van der Waals surface area contributed by atoms with Crippen molar-refractivity contribution in [2.24, 2.45) is 5.92 Å². The zero-order valence-electron chi connectivity index (χ0n) is 32.2. The molecular formula is C38H55N9O9. The van der Waals surface area contributed by atoms with Crippen molar-refractivity contribution in [2.45, 2.75) is 115 Å². The number of nitrogens with one attached hydrogen (secondary N) is 8. The summed E-state index contributed by atoms with van der Waals surface area (Å²) in [6, 6.07) is 2.06. The Hall–Kier alpha value is -5.55. The van der Waals surface area contributed by atoms with Gasteiger partial charge in [-0.05, 0) is 63.4 Å². The Balaban J connectivity index is 1.76. The molecular weight excluding hydrogens is 726 g/mol. The van der Waals surface area contributed by atoms with Crippen LogP contribution in [-0.4, -0.2) is 120 Å². The molecule has 306 valence electrons. The van der Waals surface area contributed by atoms with Crippen molar-refractivity contribution >= 4 is 53.2 Å². The van der Waals surface area contributed by atoms with E-state index in [-0.39, 0.29) is 64.1 Å². The van der Waals surface area contributed by atoms with Crippen molar-refractivity contribution in [3.8, 4) is 0 Å². The van der Waals surface area contributed by atoms with Crippen LogP contribution in [0.5, 0.6) is 0 Å². The number of carbonyl (C=O) groups excluding carboxylic acids is 9. The van der Waals surface area contributed by atoms with Crippen LogP contribution in [0.1, 0.15) is 77.7 Å². The zero-order chi connectivity index (χ0) is 40.8. The lowest BCUT2D eigenvalue weighted by Crippen LogP contribution is -2.59. The quantitative estimate of drug-likeness (QED) is 0.169. The van der Waals surface area contributed by atoms with Crippen molar-refractivity contribution in [1.29, 1.82) is 0 Å². The maximum atomic E-state index is 14.4. The maximum Gasteiger partial charge on any atom is 0.246 e. The molecule has 9 amide bonds. The molecule has 1 aromatic rings. The average Bonchev–Trinajstić information content (AvgIpc) is 3.66. The van der Waals surface area contributed by atoms with Crippen LogP contribution < -0.4 is 42.5 Å². The number of hydrogen-bond acceptors (Lipinski definition) is 9. The second-order valence-corrected chi connectivity index (χ2v) is 14.9. The lowest BCUT2D eigenvalue weighted by Gasteiger charge is -2.31. The van der Waals surface area contributed by atoms with E-state index >= 15 is 0 Å². The molecule has 0 unspecified atom stereocenters. The first kappa shape index (κ1) is 43.2. The molecule has 56 heavy (non-hydrogen) atoms. The Labute approximate surface area is 326 Å². The van der Waals surface area contributed by atoms with E-state index in [4.69, 9.17) is 0 Å². The van der Waals surface area contributed by atoms with E-state index in [0.29, 0.717) is 19.3 Å². The summed E-state index contributed by atoms with van der Waals surface area (Å²) in [5.74, 6) is -5.86. The molecule has 1 aromatic carbocycles. The molecule has 4 rings (SSSR count). The van der Waals surface area contributed by atoms with Crippen LogP contribution in [0.15, 0.2) is 30.3 Å². The van der Waals surface area contributed by atoms with E-state index in [1.165, 1.54) is 11.8 Å². The van der Waals surface area contributed by atoms with Crippen LogP contribution in [-0.2, 0) is 49.6 Å². The molecule has 0 radical (unpaired) electrons. The minimum Gasteiger partial charge on any atom is -0.355 e. The number of fused-ring (bicyclic) bond motifs is 6. The minimum atomic E-state index is -1.33. The summed E-state index contributed by atoms with van der Waals surface area (Å²) in [4.78, 5) is 123. The Morgan fingerprint density at radius 1 is 0.625 bits per heavy atom. The van der Waals surface area contributed by atoms with Gasteiger partial charge in [-0.25, -0.2) is 0 Å². The van der Waals surface area contributed by atoms with Crippen LogP contribution in [0.3, 0.4) is 0 Å². The van der Waals surface area contributed by atoms with Gasteiger partial charge in [-0.2, -0.15) is 0 Å². The largest absolute Gasteiger partial charge is 0.355 e. The van der Waals surface area contributed by atoms with Crippen molar-refractivity contribution in [2.75, 3.05) is 26.2 Å². The molecule has 3 fully saturated rings. The Kier molecular flexibility index (Phi) is 16.1. The lowest BCUT2D eigenvalue weighted by atomic mass is 10.0. The van der Waals surface area contributed by atoms with E-state index in [1.54, 1.807) is 24.3 Å². The fourth-order valence-corrected chi connectivity index (χ4v) is 6.85. The summed E-state index contributed by atoms with van der Waals surface area (Å²) in [6.45, 7) is 4.58. The molecule has 3 heterocycles. The molecule has 3 aliphatic rings. The van der Waals surface area contributed by atoms with Crippen molar-refractivity contribution < 1.29 is 43.2 Å². The monoisotopic (exact) mass is 781 g/mol. The summed E-state index contributed by atoms with van der Waals surface area (Å²) in [7, 11) is 0. The summed E-state index contributed by atoms with van der Waals surface area (Å²) < 4.78 is 0. The smallest absolute Gasteiger partial charge is 0.246 e. The summed E-state index contributed by atoms with van der Waals surface area (Å²) >= 11 is 0. The number of amides is 9. The average molecular weight is 782 g/mol. The molecule has 0 aromatic heterocycles. The third kappa shape index (κ3) is 13.0. The van der Waals surface area contributed by atoms with Gasteiger partial charge in [0.25, 0.3) is 0 Å². The van der Waals surface area contributed by atoms with Gasteiger partial charge in [0.15, 0.2) is 0 Å². The van der Waals surface area contributed by atoms with E-state index in [9.17, 15) is 43.2 Å². The number of nitrogens with zero attached hydrogens (tertiary/aromatic N) is 1. The highest BCUT2D eigenvalue weighted by atomic mass is 16.2. The van der Waals surface area contributed by atoms with Gasteiger partial charge in [-0.1, -0.05) is 44.2 Å². The number of hydrogen-bond donors (Lipinski definition) is 8. The van der Waals surface area contributed by atoms with Crippen LogP contribution >= 0.6 is 0 Å². The van der Waals surface area contributed by atoms with Crippen LogP contribution in [0.4, 0.5) is 0 Å². The van der Waals surface area contributed by atoms with Gasteiger partial charge < -0.3 is 47.4 Å². The number of benzene rings is 1.